The molecule has 0 aromatic heterocycles. The molecule has 0 aromatic rings. The highest BCUT2D eigenvalue weighted by molar-refractivity contribution is 9.11. The normalized spacial score (nSPS) is 22.3. The van der Waals surface area contributed by atoms with Crippen LogP contribution in [0.3, 0.4) is 0 Å². The van der Waals surface area contributed by atoms with Crippen LogP contribution in [0.5, 0.6) is 0 Å². The molecule has 0 radical (unpaired) electrons. The van der Waals surface area contributed by atoms with Gasteiger partial charge >= 0.3 is 0 Å². The molecule has 1 heterocycles. The molecule has 0 spiro atoms. The molecule has 1 atom stereocenters. The average Bonchev–Trinajstić information content (AvgIpc) is 2.28. The Bertz CT molecular complexity index is 267. The Labute approximate surface area is 130 Å². The lowest BCUT2D eigenvalue weighted by atomic mass is 10.1. The van der Waals surface area contributed by atoms with E-state index in [1.165, 1.54) is 30.8 Å². The van der Waals surface area contributed by atoms with Crippen molar-refractivity contribution < 1.29 is 4.43 Å². The van der Waals surface area contributed by atoms with Crippen molar-refractivity contribution in [3.8, 4) is 0 Å². The molecule has 1 nitrogen and oxygen atoms in total. The highest BCUT2D eigenvalue weighted by Crippen LogP contribution is 2.49. The molecule has 1 unspecified atom stereocenters. The monoisotopic (exact) mass is 368 g/mol. The van der Waals surface area contributed by atoms with Gasteiger partial charge in [0, 0.05) is 0 Å². The van der Waals surface area contributed by atoms with Crippen LogP contribution in [-0.4, -0.2) is 30.0 Å². The van der Waals surface area contributed by atoms with E-state index in [0.29, 0.717) is 0 Å². The van der Waals surface area contributed by atoms with Gasteiger partial charge in [-0.25, -0.2) is 0 Å². The fourth-order valence-electron chi connectivity index (χ4n) is 2.11. The van der Waals surface area contributed by atoms with E-state index in [4.69, 9.17) is 4.43 Å². The molecule has 1 aliphatic heterocycles. The van der Waals surface area contributed by atoms with Crippen molar-refractivity contribution in [1.82, 2.24) is 0 Å². The number of hydrogen-bond acceptors (Lipinski definition) is 3. The molecule has 18 heavy (non-hydrogen) atoms. The van der Waals surface area contributed by atoms with Gasteiger partial charge in [-0.3, -0.25) is 0 Å². The Hall–Kier alpha value is 1.10. The van der Waals surface area contributed by atoms with Gasteiger partial charge in [-0.1, -0.05) is 29.3 Å². The summed E-state index contributed by atoms with van der Waals surface area (Å²) in [5, 5.41) is 0. The molecular formula is C13H25BrOS2Si. The molecule has 1 aliphatic rings. The zero-order chi connectivity index (χ0) is 13.6. The molecule has 1 rings (SSSR count). The third-order valence-electron chi connectivity index (χ3n) is 2.74. The first-order valence-electron chi connectivity index (χ1n) is 6.66. The quantitative estimate of drug-likeness (QED) is 0.574. The minimum atomic E-state index is -1.52. The minimum Gasteiger partial charge on any atom is -0.409 e. The largest absolute Gasteiger partial charge is 0.409 e. The van der Waals surface area contributed by atoms with E-state index in [-0.39, 0.29) is 10.2 Å². The molecule has 0 aromatic carbocycles. The predicted octanol–water partition coefficient (Wildman–Crippen LogP) is 5.48. The topological polar surface area (TPSA) is 9.23 Å². The van der Waals surface area contributed by atoms with Crippen molar-refractivity contribution in [2.24, 2.45) is 0 Å². The van der Waals surface area contributed by atoms with Crippen LogP contribution >= 0.6 is 39.5 Å². The van der Waals surface area contributed by atoms with Crippen molar-refractivity contribution >= 4 is 47.8 Å². The van der Waals surface area contributed by atoms with Gasteiger partial charge in [-0.2, -0.15) is 0 Å². The SMILES string of the molecule is CCCC1(C(/C=C/Br)O[Si](C)(C)C)SCCCS1. The molecule has 1 saturated heterocycles. The lowest BCUT2D eigenvalue weighted by molar-refractivity contribution is 0.222. The molecule has 106 valence electrons. The molecule has 0 aliphatic carbocycles. The zero-order valence-corrected chi connectivity index (χ0v) is 16.1. The molecule has 0 bridgehead atoms. The number of halogens is 1. The van der Waals surface area contributed by atoms with Crippen LogP contribution < -0.4 is 0 Å². The maximum atomic E-state index is 6.45. The van der Waals surface area contributed by atoms with Gasteiger partial charge in [-0.05, 0) is 55.0 Å². The van der Waals surface area contributed by atoms with Crippen LogP contribution in [0.2, 0.25) is 19.6 Å². The lowest BCUT2D eigenvalue weighted by Gasteiger charge is -2.43. The summed E-state index contributed by atoms with van der Waals surface area (Å²) < 4.78 is 6.69. The predicted molar refractivity (Wildman–Crippen MR) is 93.5 cm³/mol. The second kappa shape index (κ2) is 7.77. The highest BCUT2D eigenvalue weighted by Gasteiger charge is 2.42. The van der Waals surface area contributed by atoms with Gasteiger partial charge in [0.15, 0.2) is 8.32 Å². The summed E-state index contributed by atoms with van der Waals surface area (Å²) in [6, 6.07) is 0. The standard InChI is InChI=1S/C13H25BrOS2Si/c1-5-8-13(16-10-6-11-17-13)12(7-9-14)15-18(2,3)4/h7,9,12H,5-6,8,10-11H2,1-4H3/b9-7+. The van der Waals surface area contributed by atoms with E-state index in [1.807, 2.05) is 4.99 Å². The molecule has 0 N–H and O–H groups in total. The Morgan fingerprint density at radius 1 is 1.33 bits per heavy atom. The van der Waals surface area contributed by atoms with Crippen molar-refractivity contribution in [3.05, 3.63) is 11.1 Å². The number of rotatable bonds is 6. The summed E-state index contributed by atoms with van der Waals surface area (Å²) in [5.41, 5.74) is 0. The minimum absolute atomic E-state index is 0.234. The smallest absolute Gasteiger partial charge is 0.184 e. The zero-order valence-electron chi connectivity index (χ0n) is 11.9. The van der Waals surface area contributed by atoms with Crippen molar-refractivity contribution in [1.29, 1.82) is 0 Å². The van der Waals surface area contributed by atoms with E-state index in [1.54, 1.807) is 0 Å². The summed E-state index contributed by atoms with van der Waals surface area (Å²) in [6.45, 7) is 9.11. The Morgan fingerprint density at radius 3 is 2.39 bits per heavy atom. The average molecular weight is 369 g/mol. The Kier molecular flexibility index (Phi) is 7.40. The fraction of sp³-hybridized carbons (Fsp3) is 0.846. The van der Waals surface area contributed by atoms with Crippen LogP contribution in [0.15, 0.2) is 11.1 Å². The van der Waals surface area contributed by atoms with E-state index < -0.39 is 8.32 Å². The summed E-state index contributed by atoms with van der Waals surface area (Å²) in [7, 11) is -1.52. The van der Waals surface area contributed by atoms with Crippen molar-refractivity contribution in [3.63, 3.8) is 0 Å². The molecule has 0 amide bonds. The van der Waals surface area contributed by atoms with Crippen LogP contribution in [-0.2, 0) is 4.43 Å². The van der Waals surface area contributed by atoms with E-state index >= 15 is 0 Å². The lowest BCUT2D eigenvalue weighted by Crippen LogP contribution is -2.44. The van der Waals surface area contributed by atoms with Crippen molar-refractivity contribution in [2.75, 3.05) is 11.5 Å². The second-order valence-electron chi connectivity index (χ2n) is 5.58. The van der Waals surface area contributed by atoms with Crippen molar-refractivity contribution in [2.45, 2.75) is 56.0 Å². The Morgan fingerprint density at radius 2 is 1.94 bits per heavy atom. The molecular weight excluding hydrogens is 344 g/mol. The maximum absolute atomic E-state index is 6.45. The van der Waals surface area contributed by atoms with Gasteiger partial charge in [0.2, 0.25) is 0 Å². The first kappa shape index (κ1) is 17.1. The second-order valence-corrected chi connectivity index (χ2v) is 13.7. The van der Waals surface area contributed by atoms with Gasteiger partial charge < -0.3 is 4.43 Å². The highest BCUT2D eigenvalue weighted by atomic mass is 79.9. The third-order valence-corrected chi connectivity index (χ3v) is 7.55. The van der Waals surface area contributed by atoms with Gasteiger partial charge in [0.25, 0.3) is 0 Å². The summed E-state index contributed by atoms with van der Waals surface area (Å²) in [4.78, 5) is 1.98. The van der Waals surface area contributed by atoms with E-state index in [9.17, 15) is 0 Å². The van der Waals surface area contributed by atoms with Crippen LogP contribution in [0.1, 0.15) is 26.2 Å². The first-order chi connectivity index (χ1) is 8.43. The number of hydrogen-bond donors (Lipinski definition) is 0. The number of thioether (sulfide) groups is 2. The van der Waals surface area contributed by atoms with Crippen LogP contribution in [0, 0.1) is 0 Å². The third kappa shape index (κ3) is 5.23. The summed E-state index contributed by atoms with van der Waals surface area (Å²) >= 11 is 7.66. The molecule has 0 saturated carbocycles. The fourth-order valence-corrected chi connectivity index (χ4v) is 7.17. The van der Waals surface area contributed by atoms with E-state index in [0.717, 1.165) is 0 Å². The summed E-state index contributed by atoms with van der Waals surface area (Å²) in [6.07, 6.45) is 6.23. The first-order valence-corrected chi connectivity index (χ1v) is 13.0. The molecule has 5 heteroatoms. The van der Waals surface area contributed by atoms with Crippen LogP contribution in [0.4, 0.5) is 0 Å². The van der Waals surface area contributed by atoms with Gasteiger partial charge in [0.05, 0.1) is 10.2 Å². The maximum Gasteiger partial charge on any atom is 0.184 e. The van der Waals surface area contributed by atoms with Gasteiger partial charge in [-0.15, -0.1) is 23.5 Å². The summed E-state index contributed by atoms with van der Waals surface area (Å²) in [5.74, 6) is 2.55. The Balaban J connectivity index is 2.89. The molecule has 1 fully saturated rings. The van der Waals surface area contributed by atoms with Crippen LogP contribution in [0.25, 0.3) is 0 Å². The van der Waals surface area contributed by atoms with E-state index in [2.05, 4.69) is 72.1 Å². The van der Waals surface area contributed by atoms with Gasteiger partial charge in [0.1, 0.15) is 0 Å².